The van der Waals surface area contributed by atoms with Crippen molar-refractivity contribution in [2.24, 2.45) is 0 Å². The van der Waals surface area contributed by atoms with Crippen molar-refractivity contribution < 1.29 is 14.0 Å². The third kappa shape index (κ3) is 2.81. The van der Waals surface area contributed by atoms with Crippen LogP contribution in [0.2, 0.25) is 0 Å². The standard InChI is InChI=1S/C17H22N2O3/c1-12-13(10-18-22-12)11-19-8-4-5-16(19)15-7-6-14(20-2)9-17(15)21-3/h6-7,9-10,16H,4-5,8,11H2,1-3H3/t16-/m1/s1. The molecule has 22 heavy (non-hydrogen) atoms. The van der Waals surface area contributed by atoms with Gasteiger partial charge in [0.05, 0.1) is 20.4 Å². The summed E-state index contributed by atoms with van der Waals surface area (Å²) < 4.78 is 16.0. The van der Waals surface area contributed by atoms with Crippen LogP contribution in [0.4, 0.5) is 0 Å². The fourth-order valence-corrected chi connectivity index (χ4v) is 3.15. The summed E-state index contributed by atoms with van der Waals surface area (Å²) >= 11 is 0. The minimum Gasteiger partial charge on any atom is -0.497 e. The molecule has 1 atom stereocenters. The van der Waals surface area contributed by atoms with Gasteiger partial charge in [-0.05, 0) is 32.4 Å². The normalized spacial score (nSPS) is 18.6. The van der Waals surface area contributed by atoms with Crippen LogP contribution in [0.25, 0.3) is 0 Å². The first-order chi connectivity index (χ1) is 10.7. The molecular formula is C17H22N2O3. The molecule has 5 nitrogen and oxygen atoms in total. The smallest absolute Gasteiger partial charge is 0.138 e. The minimum atomic E-state index is 0.357. The molecule has 1 aliphatic rings. The Bertz CT molecular complexity index is 639. The van der Waals surface area contributed by atoms with E-state index in [9.17, 15) is 0 Å². The Labute approximate surface area is 130 Å². The SMILES string of the molecule is COc1ccc([C@H]2CCCN2Cc2cnoc2C)c(OC)c1. The van der Waals surface area contributed by atoms with Crippen LogP contribution < -0.4 is 9.47 Å². The van der Waals surface area contributed by atoms with Gasteiger partial charge in [0, 0.05) is 29.8 Å². The Kier molecular flexibility index (Phi) is 4.34. The number of nitrogens with zero attached hydrogens (tertiary/aromatic N) is 2. The third-order valence-electron chi connectivity index (χ3n) is 4.39. The fraction of sp³-hybridized carbons (Fsp3) is 0.471. The predicted molar refractivity (Wildman–Crippen MR) is 83.2 cm³/mol. The summed E-state index contributed by atoms with van der Waals surface area (Å²) in [6, 6.07) is 6.42. The topological polar surface area (TPSA) is 47.7 Å². The van der Waals surface area contributed by atoms with Crippen LogP contribution in [0.15, 0.2) is 28.9 Å². The largest absolute Gasteiger partial charge is 0.497 e. The molecule has 0 amide bonds. The number of ether oxygens (including phenoxy) is 2. The highest BCUT2D eigenvalue weighted by atomic mass is 16.5. The molecule has 118 valence electrons. The van der Waals surface area contributed by atoms with Crippen molar-refractivity contribution in [3.05, 3.63) is 41.3 Å². The molecule has 0 radical (unpaired) electrons. The average molecular weight is 302 g/mol. The number of aryl methyl sites for hydroxylation is 1. The first-order valence-electron chi connectivity index (χ1n) is 7.59. The highest BCUT2D eigenvalue weighted by Gasteiger charge is 2.29. The van der Waals surface area contributed by atoms with E-state index in [1.165, 1.54) is 12.0 Å². The number of rotatable bonds is 5. The van der Waals surface area contributed by atoms with E-state index in [0.717, 1.165) is 42.3 Å². The van der Waals surface area contributed by atoms with Gasteiger partial charge in [-0.15, -0.1) is 0 Å². The first-order valence-corrected chi connectivity index (χ1v) is 7.59. The van der Waals surface area contributed by atoms with E-state index in [-0.39, 0.29) is 0 Å². The highest BCUT2D eigenvalue weighted by Crippen LogP contribution is 2.39. The zero-order valence-corrected chi connectivity index (χ0v) is 13.3. The van der Waals surface area contributed by atoms with E-state index in [0.29, 0.717) is 6.04 Å². The van der Waals surface area contributed by atoms with Crippen LogP contribution in [-0.2, 0) is 6.54 Å². The summed E-state index contributed by atoms with van der Waals surface area (Å²) in [7, 11) is 3.38. The lowest BCUT2D eigenvalue weighted by molar-refractivity contribution is 0.241. The van der Waals surface area contributed by atoms with Gasteiger partial charge in [-0.2, -0.15) is 0 Å². The van der Waals surface area contributed by atoms with Crippen molar-refractivity contribution in [1.29, 1.82) is 0 Å². The summed E-state index contributed by atoms with van der Waals surface area (Å²) in [5, 5.41) is 3.88. The first kappa shape index (κ1) is 14.9. The Morgan fingerprint density at radius 3 is 2.86 bits per heavy atom. The van der Waals surface area contributed by atoms with E-state index in [4.69, 9.17) is 14.0 Å². The molecule has 0 spiro atoms. The molecule has 0 bridgehead atoms. The lowest BCUT2D eigenvalue weighted by Crippen LogP contribution is -2.23. The van der Waals surface area contributed by atoms with Crippen molar-refractivity contribution in [3.63, 3.8) is 0 Å². The van der Waals surface area contributed by atoms with E-state index in [1.807, 2.05) is 25.3 Å². The molecule has 2 aromatic rings. The van der Waals surface area contributed by atoms with Gasteiger partial charge in [-0.3, -0.25) is 4.90 Å². The molecule has 0 N–H and O–H groups in total. The zero-order chi connectivity index (χ0) is 15.5. The summed E-state index contributed by atoms with van der Waals surface area (Å²) in [4.78, 5) is 2.46. The minimum absolute atomic E-state index is 0.357. The second-order valence-electron chi connectivity index (χ2n) is 5.64. The van der Waals surface area contributed by atoms with E-state index in [1.54, 1.807) is 14.2 Å². The molecule has 1 aromatic heterocycles. The molecular weight excluding hydrogens is 280 g/mol. The van der Waals surface area contributed by atoms with Gasteiger partial charge in [-0.25, -0.2) is 0 Å². The lowest BCUT2D eigenvalue weighted by atomic mass is 10.0. The molecule has 1 saturated heterocycles. The maximum Gasteiger partial charge on any atom is 0.138 e. The van der Waals surface area contributed by atoms with Crippen LogP contribution in [0.5, 0.6) is 11.5 Å². The number of hydrogen-bond donors (Lipinski definition) is 0. The summed E-state index contributed by atoms with van der Waals surface area (Å²) in [5.74, 6) is 2.60. The van der Waals surface area contributed by atoms with Gasteiger partial charge in [0.15, 0.2) is 0 Å². The summed E-state index contributed by atoms with van der Waals surface area (Å²) in [6.45, 7) is 3.89. The molecule has 0 saturated carbocycles. The van der Waals surface area contributed by atoms with E-state index in [2.05, 4.69) is 16.1 Å². The van der Waals surface area contributed by atoms with Gasteiger partial charge >= 0.3 is 0 Å². The van der Waals surface area contributed by atoms with Crippen LogP contribution in [0.1, 0.15) is 35.8 Å². The summed E-state index contributed by atoms with van der Waals surface area (Å²) in [5.41, 5.74) is 2.37. The van der Waals surface area contributed by atoms with Gasteiger partial charge in [-0.1, -0.05) is 11.2 Å². The highest BCUT2D eigenvalue weighted by molar-refractivity contribution is 5.43. The summed E-state index contributed by atoms with van der Waals surface area (Å²) in [6.07, 6.45) is 4.13. The predicted octanol–water partition coefficient (Wildman–Crippen LogP) is 3.34. The molecule has 1 fully saturated rings. The Balaban J connectivity index is 1.85. The Hall–Kier alpha value is -2.01. The van der Waals surface area contributed by atoms with Crippen LogP contribution in [-0.4, -0.2) is 30.8 Å². The second-order valence-corrected chi connectivity index (χ2v) is 5.64. The van der Waals surface area contributed by atoms with Crippen LogP contribution >= 0.6 is 0 Å². The van der Waals surface area contributed by atoms with Gasteiger partial charge in [0.25, 0.3) is 0 Å². The average Bonchev–Trinajstić information content (AvgIpc) is 3.16. The zero-order valence-electron chi connectivity index (χ0n) is 13.3. The van der Waals surface area contributed by atoms with Crippen molar-refractivity contribution in [3.8, 4) is 11.5 Å². The fourth-order valence-electron chi connectivity index (χ4n) is 3.15. The molecule has 2 heterocycles. The number of hydrogen-bond acceptors (Lipinski definition) is 5. The number of likely N-dealkylation sites (tertiary alicyclic amines) is 1. The van der Waals surface area contributed by atoms with Gasteiger partial charge in [0.2, 0.25) is 0 Å². The molecule has 1 aliphatic heterocycles. The van der Waals surface area contributed by atoms with Crippen molar-refractivity contribution in [2.45, 2.75) is 32.4 Å². The van der Waals surface area contributed by atoms with Gasteiger partial charge in [0.1, 0.15) is 17.3 Å². The third-order valence-corrected chi connectivity index (χ3v) is 4.39. The molecule has 0 aliphatic carbocycles. The Morgan fingerprint density at radius 1 is 1.32 bits per heavy atom. The van der Waals surface area contributed by atoms with E-state index < -0.39 is 0 Å². The number of benzene rings is 1. The monoisotopic (exact) mass is 302 g/mol. The maximum absolute atomic E-state index is 5.57. The maximum atomic E-state index is 5.57. The number of aromatic nitrogens is 1. The van der Waals surface area contributed by atoms with E-state index >= 15 is 0 Å². The second kappa shape index (κ2) is 6.40. The lowest BCUT2D eigenvalue weighted by Gasteiger charge is -2.26. The van der Waals surface area contributed by atoms with Gasteiger partial charge < -0.3 is 14.0 Å². The number of methoxy groups -OCH3 is 2. The molecule has 5 heteroatoms. The van der Waals surface area contributed by atoms with Crippen molar-refractivity contribution in [2.75, 3.05) is 20.8 Å². The van der Waals surface area contributed by atoms with Crippen LogP contribution in [0, 0.1) is 6.92 Å². The quantitative estimate of drug-likeness (QED) is 0.848. The van der Waals surface area contributed by atoms with Crippen molar-refractivity contribution >= 4 is 0 Å². The molecule has 3 rings (SSSR count). The molecule has 1 aromatic carbocycles. The molecule has 0 unspecified atom stereocenters. The Morgan fingerprint density at radius 2 is 2.18 bits per heavy atom. The van der Waals surface area contributed by atoms with Crippen LogP contribution in [0.3, 0.4) is 0 Å². The van der Waals surface area contributed by atoms with Crippen molar-refractivity contribution in [1.82, 2.24) is 10.1 Å².